The van der Waals surface area contributed by atoms with Crippen LogP contribution in [0.3, 0.4) is 0 Å². The van der Waals surface area contributed by atoms with Crippen molar-refractivity contribution >= 4 is 50.5 Å². The normalized spacial score (nSPS) is 12.1. The van der Waals surface area contributed by atoms with Crippen LogP contribution in [-0.2, 0) is 14.8 Å². The molecule has 0 unspecified atom stereocenters. The molecule has 0 saturated carbocycles. The number of amides is 1. The summed E-state index contributed by atoms with van der Waals surface area (Å²) in [7, 11) is -3.89. The first-order valence-electron chi connectivity index (χ1n) is 9.27. The summed E-state index contributed by atoms with van der Waals surface area (Å²) in [6.45, 7) is 3.53. The van der Waals surface area contributed by atoms with Gasteiger partial charge in [0.05, 0.1) is 20.6 Å². The molecule has 0 radical (unpaired) electrons. The van der Waals surface area contributed by atoms with Crippen LogP contribution in [-0.4, -0.2) is 20.4 Å². The van der Waals surface area contributed by atoms with Crippen LogP contribution >= 0.6 is 23.2 Å². The quantitative estimate of drug-likeness (QED) is 0.468. The molecular formula is C22H20Cl2N2O4S. The average Bonchev–Trinajstić information content (AvgIpc) is 2.73. The molecule has 0 aliphatic carbocycles. The van der Waals surface area contributed by atoms with Crippen LogP contribution in [0.15, 0.2) is 71.6 Å². The lowest BCUT2D eigenvalue weighted by molar-refractivity contribution is -0.122. The number of carbonyl (C=O) groups is 1. The number of benzene rings is 3. The number of hydrogen-bond acceptors (Lipinski definition) is 4. The summed E-state index contributed by atoms with van der Waals surface area (Å²) in [5.41, 5.74) is 1.53. The monoisotopic (exact) mass is 478 g/mol. The minimum atomic E-state index is -3.89. The molecule has 31 heavy (non-hydrogen) atoms. The number of aryl methyl sites for hydroxylation is 1. The molecule has 1 amide bonds. The van der Waals surface area contributed by atoms with Gasteiger partial charge in [-0.05, 0) is 61.9 Å². The second kappa shape index (κ2) is 9.60. The predicted molar refractivity (Wildman–Crippen MR) is 124 cm³/mol. The fourth-order valence-electron chi connectivity index (χ4n) is 2.68. The third-order valence-corrected chi connectivity index (χ3v) is 6.59. The van der Waals surface area contributed by atoms with Crippen LogP contribution in [0, 0.1) is 6.92 Å². The minimum absolute atomic E-state index is 0.00532. The Hall–Kier alpha value is -2.74. The molecule has 0 spiro atoms. The van der Waals surface area contributed by atoms with Crippen molar-refractivity contribution in [2.24, 2.45) is 0 Å². The number of hydrogen-bond donors (Lipinski definition) is 2. The van der Waals surface area contributed by atoms with Gasteiger partial charge < -0.3 is 10.1 Å². The number of nitrogens with one attached hydrogen (secondary N) is 2. The second-order valence-corrected chi connectivity index (χ2v) is 9.21. The zero-order valence-corrected chi connectivity index (χ0v) is 19.1. The molecule has 2 N–H and O–H groups in total. The molecule has 3 aromatic rings. The van der Waals surface area contributed by atoms with Crippen LogP contribution < -0.4 is 14.8 Å². The van der Waals surface area contributed by atoms with Gasteiger partial charge in [-0.1, -0.05) is 47.5 Å². The van der Waals surface area contributed by atoms with Crippen molar-refractivity contribution in [3.8, 4) is 5.75 Å². The molecule has 162 valence electrons. The van der Waals surface area contributed by atoms with Gasteiger partial charge in [0.15, 0.2) is 6.10 Å². The highest BCUT2D eigenvalue weighted by Gasteiger charge is 2.18. The van der Waals surface area contributed by atoms with Gasteiger partial charge in [0.2, 0.25) is 0 Å². The van der Waals surface area contributed by atoms with E-state index in [4.69, 9.17) is 27.9 Å². The number of rotatable bonds is 7. The standard InChI is InChI=1S/C22H20Cl2N2O4S/c1-14-6-3-4-9-20(14)30-15(2)22(27)25-16-10-12-17(13-11-16)31(28,29)26-19-8-5-7-18(23)21(19)24/h3-13,15,26H,1-2H3,(H,25,27)/t15-/m1/s1. The van der Waals surface area contributed by atoms with Crippen LogP contribution in [0.1, 0.15) is 12.5 Å². The van der Waals surface area contributed by atoms with Crippen LogP contribution in [0.5, 0.6) is 5.75 Å². The maximum Gasteiger partial charge on any atom is 0.265 e. The molecule has 0 bridgehead atoms. The van der Waals surface area contributed by atoms with Gasteiger partial charge in [-0.3, -0.25) is 9.52 Å². The SMILES string of the molecule is Cc1ccccc1O[C@H](C)C(=O)Nc1ccc(S(=O)(=O)Nc2cccc(Cl)c2Cl)cc1. The Morgan fingerprint density at radius 3 is 2.32 bits per heavy atom. The summed E-state index contributed by atoms with van der Waals surface area (Å²) in [4.78, 5) is 12.4. The summed E-state index contributed by atoms with van der Waals surface area (Å²) in [6.07, 6.45) is -0.740. The number of halogens is 2. The molecule has 0 fully saturated rings. The van der Waals surface area contributed by atoms with Crippen molar-refractivity contribution in [1.82, 2.24) is 0 Å². The molecule has 0 aliphatic rings. The Morgan fingerprint density at radius 2 is 1.65 bits per heavy atom. The van der Waals surface area contributed by atoms with Crippen molar-refractivity contribution in [3.05, 3.63) is 82.3 Å². The smallest absolute Gasteiger partial charge is 0.265 e. The van der Waals surface area contributed by atoms with Crippen LogP contribution in [0.2, 0.25) is 10.0 Å². The van der Waals surface area contributed by atoms with Crippen molar-refractivity contribution in [1.29, 1.82) is 0 Å². The highest BCUT2D eigenvalue weighted by Crippen LogP contribution is 2.31. The highest BCUT2D eigenvalue weighted by atomic mass is 35.5. The van der Waals surface area contributed by atoms with Crippen molar-refractivity contribution < 1.29 is 17.9 Å². The third kappa shape index (κ3) is 5.70. The average molecular weight is 479 g/mol. The number of carbonyl (C=O) groups excluding carboxylic acids is 1. The molecule has 0 aromatic heterocycles. The maximum atomic E-state index is 12.6. The molecule has 1 atom stereocenters. The number of anilines is 2. The second-order valence-electron chi connectivity index (χ2n) is 6.75. The van der Waals surface area contributed by atoms with Gasteiger partial charge in [0.1, 0.15) is 5.75 Å². The lowest BCUT2D eigenvalue weighted by Gasteiger charge is -2.16. The van der Waals surface area contributed by atoms with Crippen LogP contribution in [0.25, 0.3) is 0 Å². The van der Waals surface area contributed by atoms with E-state index in [-0.39, 0.29) is 26.5 Å². The summed E-state index contributed by atoms with van der Waals surface area (Å²) >= 11 is 12.0. The predicted octanol–water partition coefficient (Wildman–Crippen LogP) is 5.51. The molecule has 3 rings (SSSR count). The van der Waals surface area contributed by atoms with Crippen molar-refractivity contribution in [3.63, 3.8) is 0 Å². The van der Waals surface area contributed by atoms with Gasteiger partial charge in [-0.15, -0.1) is 0 Å². The summed E-state index contributed by atoms with van der Waals surface area (Å²) in [6, 6.07) is 17.8. The molecular weight excluding hydrogens is 459 g/mol. The van der Waals surface area contributed by atoms with Gasteiger partial charge in [0.25, 0.3) is 15.9 Å². The molecule has 0 heterocycles. The molecule has 6 nitrogen and oxygen atoms in total. The zero-order valence-electron chi connectivity index (χ0n) is 16.7. The fraction of sp³-hybridized carbons (Fsp3) is 0.136. The fourth-order valence-corrected chi connectivity index (χ4v) is 4.16. The summed E-state index contributed by atoms with van der Waals surface area (Å²) in [5.74, 6) is 0.264. The third-order valence-electron chi connectivity index (χ3n) is 4.39. The van der Waals surface area contributed by atoms with E-state index in [9.17, 15) is 13.2 Å². The first-order valence-corrected chi connectivity index (χ1v) is 11.5. The zero-order chi connectivity index (χ0) is 22.6. The first-order chi connectivity index (χ1) is 14.7. The summed E-state index contributed by atoms with van der Waals surface area (Å²) < 4.78 is 33.3. The number of ether oxygens (including phenoxy) is 1. The Balaban J connectivity index is 1.67. The van der Waals surface area contributed by atoms with E-state index in [1.165, 1.54) is 30.3 Å². The van der Waals surface area contributed by atoms with E-state index >= 15 is 0 Å². The lowest BCUT2D eigenvalue weighted by Crippen LogP contribution is -2.30. The van der Waals surface area contributed by atoms with E-state index in [1.807, 2.05) is 25.1 Å². The minimum Gasteiger partial charge on any atom is -0.481 e. The Morgan fingerprint density at radius 1 is 0.968 bits per heavy atom. The largest absolute Gasteiger partial charge is 0.481 e. The Kier molecular flexibility index (Phi) is 7.10. The van der Waals surface area contributed by atoms with E-state index < -0.39 is 16.1 Å². The number of sulfonamides is 1. The van der Waals surface area contributed by atoms with E-state index in [0.717, 1.165) is 5.56 Å². The Bertz CT molecular complexity index is 1200. The van der Waals surface area contributed by atoms with Gasteiger partial charge in [-0.2, -0.15) is 0 Å². The number of para-hydroxylation sites is 1. The van der Waals surface area contributed by atoms with Crippen LogP contribution in [0.4, 0.5) is 11.4 Å². The van der Waals surface area contributed by atoms with E-state index in [1.54, 1.807) is 25.1 Å². The molecule has 9 heteroatoms. The van der Waals surface area contributed by atoms with Crippen molar-refractivity contribution in [2.75, 3.05) is 10.0 Å². The lowest BCUT2D eigenvalue weighted by atomic mass is 10.2. The summed E-state index contributed by atoms with van der Waals surface area (Å²) in [5, 5.41) is 3.06. The van der Waals surface area contributed by atoms with Gasteiger partial charge >= 0.3 is 0 Å². The highest BCUT2D eigenvalue weighted by molar-refractivity contribution is 7.92. The van der Waals surface area contributed by atoms with E-state index in [2.05, 4.69) is 10.0 Å². The van der Waals surface area contributed by atoms with Crippen molar-refractivity contribution in [2.45, 2.75) is 24.8 Å². The molecule has 0 aliphatic heterocycles. The Labute approximate surface area is 191 Å². The van der Waals surface area contributed by atoms with Gasteiger partial charge in [0, 0.05) is 5.69 Å². The maximum absolute atomic E-state index is 12.6. The van der Waals surface area contributed by atoms with Gasteiger partial charge in [-0.25, -0.2) is 8.42 Å². The van der Waals surface area contributed by atoms with E-state index in [0.29, 0.717) is 11.4 Å². The first kappa shape index (κ1) is 22.9. The molecule has 0 saturated heterocycles. The topological polar surface area (TPSA) is 84.5 Å². The molecule has 3 aromatic carbocycles.